The first-order valence-corrected chi connectivity index (χ1v) is 7.03. The Morgan fingerprint density at radius 1 is 1.24 bits per heavy atom. The molecule has 96 valence electrons. The molecule has 0 aliphatic carbocycles. The average molecular weight is 255 g/mol. The quantitative estimate of drug-likeness (QED) is 0.769. The standard InChI is InChI=1S/C14H22FNS/c1-10(2)8-16-9-12-13(15)6-5-7-14(12)17-11(3)4/h5-7,10-11,16H,8-9H2,1-4H3. The van der Waals surface area contributed by atoms with E-state index in [1.54, 1.807) is 17.8 Å². The second-order valence-corrected chi connectivity index (χ2v) is 6.53. The molecule has 0 aliphatic heterocycles. The van der Waals surface area contributed by atoms with Crippen molar-refractivity contribution in [3.63, 3.8) is 0 Å². The van der Waals surface area contributed by atoms with E-state index >= 15 is 0 Å². The molecular formula is C14H22FNS. The summed E-state index contributed by atoms with van der Waals surface area (Å²) in [6, 6.07) is 5.32. The summed E-state index contributed by atoms with van der Waals surface area (Å²) in [7, 11) is 0. The van der Waals surface area contributed by atoms with Crippen LogP contribution in [0.2, 0.25) is 0 Å². The van der Waals surface area contributed by atoms with Gasteiger partial charge in [-0.2, -0.15) is 0 Å². The van der Waals surface area contributed by atoms with Gasteiger partial charge in [-0.3, -0.25) is 0 Å². The van der Waals surface area contributed by atoms with Gasteiger partial charge in [-0.25, -0.2) is 4.39 Å². The minimum Gasteiger partial charge on any atom is -0.312 e. The highest BCUT2D eigenvalue weighted by Gasteiger charge is 2.10. The Labute approximate surface area is 108 Å². The molecule has 0 amide bonds. The second-order valence-electron chi connectivity index (χ2n) is 4.91. The Hall–Kier alpha value is -0.540. The average Bonchev–Trinajstić information content (AvgIpc) is 2.21. The summed E-state index contributed by atoms with van der Waals surface area (Å²) in [5.74, 6) is 0.481. The minimum absolute atomic E-state index is 0.105. The predicted octanol–water partition coefficient (Wildman–Crippen LogP) is 4.07. The number of hydrogen-bond acceptors (Lipinski definition) is 2. The van der Waals surface area contributed by atoms with Crippen molar-refractivity contribution in [2.75, 3.05) is 6.54 Å². The normalized spacial score (nSPS) is 11.5. The fourth-order valence-corrected chi connectivity index (χ4v) is 2.54. The monoisotopic (exact) mass is 255 g/mol. The number of halogens is 1. The van der Waals surface area contributed by atoms with E-state index in [4.69, 9.17) is 0 Å². The molecule has 0 radical (unpaired) electrons. The van der Waals surface area contributed by atoms with Gasteiger partial charge in [-0.05, 0) is 24.6 Å². The maximum Gasteiger partial charge on any atom is 0.128 e. The van der Waals surface area contributed by atoms with E-state index in [1.165, 1.54) is 6.07 Å². The van der Waals surface area contributed by atoms with Crippen LogP contribution in [0.4, 0.5) is 4.39 Å². The summed E-state index contributed by atoms with van der Waals surface area (Å²) in [5.41, 5.74) is 0.798. The van der Waals surface area contributed by atoms with Crippen LogP contribution < -0.4 is 5.32 Å². The number of nitrogens with one attached hydrogen (secondary N) is 1. The van der Waals surface area contributed by atoms with E-state index in [2.05, 4.69) is 33.0 Å². The molecule has 0 aliphatic rings. The van der Waals surface area contributed by atoms with Crippen molar-refractivity contribution in [3.8, 4) is 0 Å². The zero-order valence-electron chi connectivity index (χ0n) is 11.1. The van der Waals surface area contributed by atoms with Gasteiger partial charge < -0.3 is 5.32 Å². The van der Waals surface area contributed by atoms with Crippen molar-refractivity contribution in [2.24, 2.45) is 5.92 Å². The van der Waals surface area contributed by atoms with Crippen LogP contribution in [0.1, 0.15) is 33.3 Å². The summed E-state index contributed by atoms with van der Waals surface area (Å²) in [6.07, 6.45) is 0. The second kappa shape index (κ2) is 7.02. The Kier molecular flexibility index (Phi) is 6.00. The van der Waals surface area contributed by atoms with E-state index in [1.807, 2.05) is 6.07 Å². The third-order valence-corrected chi connectivity index (χ3v) is 3.40. The lowest BCUT2D eigenvalue weighted by molar-refractivity contribution is 0.530. The molecule has 0 bridgehead atoms. The molecule has 1 nitrogen and oxygen atoms in total. The molecule has 0 aromatic heterocycles. The van der Waals surface area contributed by atoms with Crippen molar-refractivity contribution in [1.82, 2.24) is 5.32 Å². The molecule has 0 fully saturated rings. The minimum atomic E-state index is -0.105. The maximum absolute atomic E-state index is 13.8. The van der Waals surface area contributed by atoms with Crippen molar-refractivity contribution >= 4 is 11.8 Å². The zero-order valence-corrected chi connectivity index (χ0v) is 11.9. The van der Waals surface area contributed by atoms with E-state index in [9.17, 15) is 4.39 Å². The number of hydrogen-bond donors (Lipinski definition) is 1. The van der Waals surface area contributed by atoms with Gasteiger partial charge in [0.1, 0.15) is 5.82 Å². The van der Waals surface area contributed by atoms with Gasteiger partial charge in [0, 0.05) is 22.3 Å². The third-order valence-electron chi connectivity index (χ3n) is 2.29. The van der Waals surface area contributed by atoms with Gasteiger partial charge in [-0.15, -0.1) is 11.8 Å². The molecule has 0 saturated heterocycles. The molecule has 3 heteroatoms. The molecule has 0 heterocycles. The number of thioether (sulfide) groups is 1. The molecule has 0 saturated carbocycles. The van der Waals surface area contributed by atoms with Crippen LogP contribution >= 0.6 is 11.8 Å². The van der Waals surface area contributed by atoms with Gasteiger partial charge in [0.2, 0.25) is 0 Å². The molecule has 1 aromatic rings. The Bertz CT molecular complexity index is 350. The van der Waals surface area contributed by atoms with Crippen molar-refractivity contribution in [1.29, 1.82) is 0 Å². The summed E-state index contributed by atoms with van der Waals surface area (Å²) in [6.45, 7) is 10.1. The first-order valence-electron chi connectivity index (χ1n) is 6.15. The summed E-state index contributed by atoms with van der Waals surface area (Å²) in [5, 5.41) is 3.78. The smallest absolute Gasteiger partial charge is 0.128 e. The van der Waals surface area contributed by atoms with Crippen LogP contribution in [0.5, 0.6) is 0 Å². The number of rotatable bonds is 6. The SMILES string of the molecule is CC(C)CNCc1c(F)cccc1SC(C)C. The Morgan fingerprint density at radius 3 is 2.53 bits per heavy atom. The molecular weight excluding hydrogens is 233 g/mol. The molecule has 0 atom stereocenters. The fraction of sp³-hybridized carbons (Fsp3) is 0.571. The van der Waals surface area contributed by atoms with Crippen LogP contribution in [0.3, 0.4) is 0 Å². The highest BCUT2D eigenvalue weighted by Crippen LogP contribution is 2.28. The van der Waals surface area contributed by atoms with Gasteiger partial charge in [0.25, 0.3) is 0 Å². The lowest BCUT2D eigenvalue weighted by Gasteiger charge is -2.13. The Balaban J connectivity index is 2.73. The molecule has 0 spiro atoms. The van der Waals surface area contributed by atoms with E-state index in [-0.39, 0.29) is 5.82 Å². The number of benzene rings is 1. The fourth-order valence-electron chi connectivity index (χ4n) is 1.56. The molecule has 0 unspecified atom stereocenters. The highest BCUT2D eigenvalue weighted by atomic mass is 32.2. The molecule has 1 aromatic carbocycles. The lowest BCUT2D eigenvalue weighted by Crippen LogP contribution is -2.20. The first-order chi connectivity index (χ1) is 8.00. The first kappa shape index (κ1) is 14.5. The van der Waals surface area contributed by atoms with Crippen molar-refractivity contribution in [2.45, 2.75) is 44.4 Å². The lowest BCUT2D eigenvalue weighted by atomic mass is 10.2. The molecule has 1 rings (SSSR count). The van der Waals surface area contributed by atoms with E-state index in [0.717, 1.165) is 17.0 Å². The van der Waals surface area contributed by atoms with Gasteiger partial charge in [-0.1, -0.05) is 33.8 Å². The summed E-state index contributed by atoms with van der Waals surface area (Å²) < 4.78 is 13.8. The highest BCUT2D eigenvalue weighted by molar-refractivity contribution is 8.00. The zero-order chi connectivity index (χ0) is 12.8. The molecule has 1 N–H and O–H groups in total. The van der Waals surface area contributed by atoms with Crippen molar-refractivity contribution < 1.29 is 4.39 Å². The van der Waals surface area contributed by atoms with Crippen LogP contribution in [-0.2, 0) is 6.54 Å². The van der Waals surface area contributed by atoms with Crippen LogP contribution in [0, 0.1) is 11.7 Å². The largest absolute Gasteiger partial charge is 0.312 e. The summed E-state index contributed by atoms with van der Waals surface area (Å²) in [4.78, 5) is 1.05. The van der Waals surface area contributed by atoms with E-state index < -0.39 is 0 Å². The van der Waals surface area contributed by atoms with Crippen molar-refractivity contribution in [3.05, 3.63) is 29.6 Å². The van der Waals surface area contributed by atoms with Crippen LogP contribution in [0.15, 0.2) is 23.1 Å². The van der Waals surface area contributed by atoms with Crippen LogP contribution in [0.25, 0.3) is 0 Å². The Morgan fingerprint density at radius 2 is 1.94 bits per heavy atom. The van der Waals surface area contributed by atoms with Gasteiger partial charge in [0.15, 0.2) is 0 Å². The maximum atomic E-state index is 13.8. The van der Waals surface area contributed by atoms with Gasteiger partial charge >= 0.3 is 0 Å². The van der Waals surface area contributed by atoms with Gasteiger partial charge in [0.05, 0.1) is 0 Å². The topological polar surface area (TPSA) is 12.0 Å². The van der Waals surface area contributed by atoms with Crippen LogP contribution in [-0.4, -0.2) is 11.8 Å². The predicted molar refractivity (Wildman–Crippen MR) is 73.9 cm³/mol. The third kappa shape index (κ3) is 5.09. The molecule has 17 heavy (non-hydrogen) atoms. The van der Waals surface area contributed by atoms with E-state index in [0.29, 0.717) is 17.7 Å². The summed E-state index contributed by atoms with van der Waals surface area (Å²) >= 11 is 1.72.